The van der Waals surface area contributed by atoms with Crippen molar-refractivity contribution in [3.63, 3.8) is 0 Å². The molecule has 2 rings (SSSR count). The van der Waals surface area contributed by atoms with Gasteiger partial charge in [-0.1, -0.05) is 32.0 Å². The Kier molecular flexibility index (Phi) is 4.45. The summed E-state index contributed by atoms with van der Waals surface area (Å²) >= 11 is 5.12. The molecule has 1 heterocycles. The topological polar surface area (TPSA) is 55.9 Å². The van der Waals surface area contributed by atoms with E-state index in [2.05, 4.69) is 17.3 Å². The molecule has 2 atom stereocenters. The van der Waals surface area contributed by atoms with Gasteiger partial charge in [-0.25, -0.2) is 0 Å². The van der Waals surface area contributed by atoms with Crippen molar-refractivity contribution in [2.24, 2.45) is 24.6 Å². The van der Waals surface area contributed by atoms with E-state index in [-0.39, 0.29) is 0 Å². The summed E-state index contributed by atoms with van der Waals surface area (Å²) in [5, 5.41) is 7.90. The highest BCUT2D eigenvalue weighted by atomic mass is 32.1. The van der Waals surface area contributed by atoms with Crippen LogP contribution in [0.5, 0.6) is 0 Å². The minimum atomic E-state index is 0.421. The fourth-order valence-electron chi connectivity index (χ4n) is 3.14. The molecule has 1 aromatic rings. The standard InChI is InChI=1S/C14H24N4S/c1-9-5-4-6-11(7-9)8-16-14-12(13(15)19)10(2)17-18(14)3/h9,11,16H,4-8H2,1-3H3,(H2,15,19). The van der Waals surface area contributed by atoms with Gasteiger partial charge in [0.05, 0.1) is 11.3 Å². The third-order valence-corrected chi connectivity index (χ3v) is 4.28. The smallest absolute Gasteiger partial charge is 0.134 e. The summed E-state index contributed by atoms with van der Waals surface area (Å²) in [5.41, 5.74) is 7.59. The van der Waals surface area contributed by atoms with Crippen LogP contribution >= 0.6 is 12.2 Å². The summed E-state index contributed by atoms with van der Waals surface area (Å²) in [7, 11) is 1.93. The van der Waals surface area contributed by atoms with Crippen LogP contribution in [0.1, 0.15) is 43.9 Å². The maximum Gasteiger partial charge on any atom is 0.134 e. The fourth-order valence-corrected chi connectivity index (χ4v) is 3.39. The minimum Gasteiger partial charge on any atom is -0.389 e. The zero-order valence-electron chi connectivity index (χ0n) is 12.1. The van der Waals surface area contributed by atoms with E-state index in [1.54, 1.807) is 0 Å². The molecule has 4 nitrogen and oxygen atoms in total. The Hall–Kier alpha value is -1.10. The lowest BCUT2D eigenvalue weighted by Crippen LogP contribution is -2.23. The normalized spacial score (nSPS) is 23.3. The largest absolute Gasteiger partial charge is 0.389 e. The van der Waals surface area contributed by atoms with Gasteiger partial charge in [-0.3, -0.25) is 4.68 Å². The van der Waals surface area contributed by atoms with E-state index in [1.807, 2.05) is 18.7 Å². The molecule has 1 aliphatic rings. The van der Waals surface area contributed by atoms with Gasteiger partial charge in [0.25, 0.3) is 0 Å². The molecular formula is C14H24N4S. The first-order chi connectivity index (χ1) is 8.99. The fraction of sp³-hybridized carbons (Fsp3) is 0.714. The van der Waals surface area contributed by atoms with Crippen LogP contribution in [0, 0.1) is 18.8 Å². The number of thiocarbonyl (C=S) groups is 1. The molecule has 0 bridgehead atoms. The molecule has 0 saturated heterocycles. The maximum atomic E-state index is 5.80. The Morgan fingerprint density at radius 1 is 1.53 bits per heavy atom. The van der Waals surface area contributed by atoms with Gasteiger partial charge in [0.15, 0.2) is 0 Å². The molecule has 3 N–H and O–H groups in total. The molecule has 1 aliphatic carbocycles. The van der Waals surface area contributed by atoms with Crippen LogP contribution in [0.15, 0.2) is 0 Å². The zero-order valence-corrected chi connectivity index (χ0v) is 12.9. The van der Waals surface area contributed by atoms with Gasteiger partial charge in [0.1, 0.15) is 10.8 Å². The second-order valence-electron chi connectivity index (χ2n) is 5.82. The van der Waals surface area contributed by atoms with Crippen molar-refractivity contribution < 1.29 is 0 Å². The van der Waals surface area contributed by atoms with Crippen molar-refractivity contribution in [3.05, 3.63) is 11.3 Å². The molecule has 0 aromatic carbocycles. The molecule has 0 spiro atoms. The Morgan fingerprint density at radius 2 is 2.26 bits per heavy atom. The number of nitrogens with zero attached hydrogens (tertiary/aromatic N) is 2. The predicted octanol–water partition coefficient (Wildman–Crippen LogP) is 2.60. The first-order valence-corrected chi connectivity index (χ1v) is 7.47. The first-order valence-electron chi connectivity index (χ1n) is 7.06. The van der Waals surface area contributed by atoms with Crippen molar-refractivity contribution >= 4 is 23.0 Å². The van der Waals surface area contributed by atoms with Gasteiger partial charge in [-0.05, 0) is 31.6 Å². The highest BCUT2D eigenvalue weighted by molar-refractivity contribution is 7.80. The zero-order chi connectivity index (χ0) is 14.0. The number of hydrogen-bond donors (Lipinski definition) is 2. The summed E-state index contributed by atoms with van der Waals surface area (Å²) in [6, 6.07) is 0. The Bertz CT molecular complexity index is 466. The number of rotatable bonds is 4. The van der Waals surface area contributed by atoms with E-state index in [4.69, 9.17) is 18.0 Å². The second-order valence-corrected chi connectivity index (χ2v) is 6.26. The van der Waals surface area contributed by atoms with Gasteiger partial charge in [0.2, 0.25) is 0 Å². The van der Waals surface area contributed by atoms with Crippen LogP contribution in [-0.2, 0) is 7.05 Å². The number of aryl methyl sites for hydroxylation is 2. The van der Waals surface area contributed by atoms with Crippen molar-refractivity contribution in [2.75, 3.05) is 11.9 Å². The second kappa shape index (κ2) is 5.90. The predicted molar refractivity (Wildman–Crippen MR) is 83.4 cm³/mol. The lowest BCUT2D eigenvalue weighted by molar-refractivity contribution is 0.293. The molecule has 1 saturated carbocycles. The molecule has 1 aromatic heterocycles. The summed E-state index contributed by atoms with van der Waals surface area (Å²) in [6.45, 7) is 5.28. The molecule has 1 fully saturated rings. The summed E-state index contributed by atoms with van der Waals surface area (Å²) in [5.74, 6) is 2.56. The van der Waals surface area contributed by atoms with Gasteiger partial charge >= 0.3 is 0 Å². The highest BCUT2D eigenvalue weighted by Crippen LogP contribution is 2.29. The van der Waals surface area contributed by atoms with Crippen molar-refractivity contribution in [3.8, 4) is 0 Å². The van der Waals surface area contributed by atoms with E-state index in [0.717, 1.165) is 35.5 Å². The van der Waals surface area contributed by atoms with E-state index >= 15 is 0 Å². The minimum absolute atomic E-state index is 0.421. The van der Waals surface area contributed by atoms with Gasteiger partial charge in [0, 0.05) is 13.6 Å². The van der Waals surface area contributed by atoms with E-state index in [9.17, 15) is 0 Å². The van der Waals surface area contributed by atoms with Crippen LogP contribution < -0.4 is 11.1 Å². The number of nitrogens with two attached hydrogens (primary N) is 1. The first kappa shape index (κ1) is 14.3. The van der Waals surface area contributed by atoms with Crippen LogP contribution in [0.2, 0.25) is 0 Å². The Balaban J connectivity index is 2.05. The van der Waals surface area contributed by atoms with Crippen LogP contribution in [0.25, 0.3) is 0 Å². The summed E-state index contributed by atoms with van der Waals surface area (Å²) in [6.07, 6.45) is 5.35. The molecule has 106 valence electrons. The van der Waals surface area contributed by atoms with Crippen molar-refractivity contribution in [2.45, 2.75) is 39.5 Å². The molecular weight excluding hydrogens is 256 g/mol. The molecule has 0 radical (unpaired) electrons. The lowest BCUT2D eigenvalue weighted by atomic mass is 9.82. The number of hydrogen-bond acceptors (Lipinski definition) is 3. The number of aromatic nitrogens is 2. The SMILES string of the molecule is Cc1nn(C)c(NCC2CCCC(C)C2)c1C(N)=S. The van der Waals surface area contributed by atoms with E-state index in [0.29, 0.717) is 4.99 Å². The Labute approximate surface area is 120 Å². The molecule has 2 unspecified atom stereocenters. The quantitative estimate of drug-likeness (QED) is 0.832. The Morgan fingerprint density at radius 3 is 2.89 bits per heavy atom. The molecule has 0 amide bonds. The van der Waals surface area contributed by atoms with Crippen LogP contribution in [0.4, 0.5) is 5.82 Å². The molecule has 0 aliphatic heterocycles. The molecule has 19 heavy (non-hydrogen) atoms. The van der Waals surface area contributed by atoms with Crippen LogP contribution in [0.3, 0.4) is 0 Å². The third kappa shape index (κ3) is 3.26. The highest BCUT2D eigenvalue weighted by Gasteiger charge is 2.21. The van der Waals surface area contributed by atoms with Crippen molar-refractivity contribution in [1.29, 1.82) is 0 Å². The number of anilines is 1. The summed E-state index contributed by atoms with van der Waals surface area (Å²) < 4.78 is 1.84. The van der Waals surface area contributed by atoms with E-state index < -0.39 is 0 Å². The lowest BCUT2D eigenvalue weighted by Gasteiger charge is -2.27. The summed E-state index contributed by atoms with van der Waals surface area (Å²) in [4.78, 5) is 0.421. The van der Waals surface area contributed by atoms with Gasteiger partial charge in [-0.2, -0.15) is 5.10 Å². The van der Waals surface area contributed by atoms with Crippen LogP contribution in [-0.4, -0.2) is 21.3 Å². The van der Waals surface area contributed by atoms with E-state index in [1.165, 1.54) is 25.7 Å². The van der Waals surface area contributed by atoms with Gasteiger partial charge < -0.3 is 11.1 Å². The van der Waals surface area contributed by atoms with Crippen molar-refractivity contribution in [1.82, 2.24) is 9.78 Å². The molecule has 5 heteroatoms. The third-order valence-electron chi connectivity index (χ3n) is 4.07. The number of nitrogens with one attached hydrogen (secondary N) is 1. The maximum absolute atomic E-state index is 5.80. The average Bonchev–Trinajstić information content (AvgIpc) is 2.61. The average molecular weight is 280 g/mol. The van der Waals surface area contributed by atoms with Gasteiger partial charge in [-0.15, -0.1) is 0 Å². The monoisotopic (exact) mass is 280 g/mol.